The van der Waals surface area contributed by atoms with E-state index in [1.807, 2.05) is 18.2 Å². The molecule has 3 N–H and O–H groups in total. The molecule has 3 rings (SSSR count). The van der Waals surface area contributed by atoms with Gasteiger partial charge in [0.05, 0.1) is 7.11 Å². The molecule has 0 aliphatic carbocycles. The summed E-state index contributed by atoms with van der Waals surface area (Å²) in [5, 5.41) is 15.2. The van der Waals surface area contributed by atoms with Crippen molar-refractivity contribution in [2.24, 2.45) is 0 Å². The molecule has 0 spiro atoms. The fourth-order valence-corrected chi connectivity index (χ4v) is 3.15. The number of amides is 3. The number of aromatic nitrogens is 1. The Bertz CT molecular complexity index is 881. The number of nitrogens with one attached hydrogen (secondary N) is 2. The normalized spacial score (nSPS) is 14.3. The van der Waals surface area contributed by atoms with Crippen LogP contribution in [0.3, 0.4) is 0 Å². The molecule has 9 nitrogen and oxygen atoms in total. The SMILES string of the molecule is COC(=O)N1CCN(Cc2cccc(NC(=O)Nc3ccc(C)nc3O)c2)CC1. The maximum atomic E-state index is 12.2. The average molecular weight is 399 g/mol. The van der Waals surface area contributed by atoms with Gasteiger partial charge in [0.15, 0.2) is 0 Å². The van der Waals surface area contributed by atoms with Gasteiger partial charge in [0, 0.05) is 44.1 Å². The number of methoxy groups -OCH3 is 1. The maximum Gasteiger partial charge on any atom is 0.409 e. The number of hydrogen-bond donors (Lipinski definition) is 3. The summed E-state index contributed by atoms with van der Waals surface area (Å²) < 4.78 is 4.75. The van der Waals surface area contributed by atoms with E-state index in [1.165, 1.54) is 7.11 Å². The highest BCUT2D eigenvalue weighted by atomic mass is 16.5. The van der Waals surface area contributed by atoms with E-state index in [4.69, 9.17) is 4.74 Å². The molecule has 0 atom stereocenters. The number of hydrogen-bond acceptors (Lipinski definition) is 6. The van der Waals surface area contributed by atoms with Gasteiger partial charge in [-0.2, -0.15) is 0 Å². The molecule has 3 amide bonds. The first kappa shape index (κ1) is 20.4. The van der Waals surface area contributed by atoms with Gasteiger partial charge in [-0.1, -0.05) is 12.1 Å². The van der Waals surface area contributed by atoms with Crippen molar-refractivity contribution in [2.75, 3.05) is 43.9 Å². The number of benzene rings is 1. The van der Waals surface area contributed by atoms with Crippen LogP contribution in [0.2, 0.25) is 0 Å². The minimum Gasteiger partial charge on any atom is -0.492 e. The van der Waals surface area contributed by atoms with Gasteiger partial charge in [-0.05, 0) is 36.8 Å². The summed E-state index contributed by atoms with van der Waals surface area (Å²) in [5.41, 5.74) is 2.60. The Morgan fingerprint density at radius 3 is 2.59 bits per heavy atom. The third-order valence-corrected chi connectivity index (χ3v) is 4.66. The summed E-state index contributed by atoms with van der Waals surface area (Å²) in [5.74, 6) is -0.222. The predicted molar refractivity (Wildman–Crippen MR) is 109 cm³/mol. The van der Waals surface area contributed by atoms with E-state index in [2.05, 4.69) is 20.5 Å². The summed E-state index contributed by atoms with van der Waals surface area (Å²) in [6.07, 6.45) is -0.295. The van der Waals surface area contributed by atoms with Crippen molar-refractivity contribution in [3.63, 3.8) is 0 Å². The minimum absolute atomic E-state index is 0.222. The van der Waals surface area contributed by atoms with Crippen molar-refractivity contribution >= 4 is 23.5 Å². The van der Waals surface area contributed by atoms with Crippen LogP contribution in [-0.4, -0.2) is 65.3 Å². The van der Waals surface area contributed by atoms with E-state index in [0.29, 0.717) is 24.5 Å². The lowest BCUT2D eigenvalue weighted by Crippen LogP contribution is -2.48. The molecule has 0 saturated carbocycles. The van der Waals surface area contributed by atoms with Gasteiger partial charge >= 0.3 is 12.1 Å². The molecule has 1 aliphatic heterocycles. The van der Waals surface area contributed by atoms with Crippen LogP contribution >= 0.6 is 0 Å². The summed E-state index contributed by atoms with van der Waals surface area (Å²) >= 11 is 0. The van der Waals surface area contributed by atoms with Crippen molar-refractivity contribution in [2.45, 2.75) is 13.5 Å². The molecule has 1 saturated heterocycles. The van der Waals surface area contributed by atoms with Gasteiger partial charge in [0.1, 0.15) is 5.69 Å². The molecule has 154 valence electrons. The molecule has 2 heterocycles. The van der Waals surface area contributed by atoms with Crippen LogP contribution in [0, 0.1) is 6.92 Å². The zero-order chi connectivity index (χ0) is 20.8. The van der Waals surface area contributed by atoms with Crippen LogP contribution in [0.5, 0.6) is 5.88 Å². The fraction of sp³-hybridized carbons (Fsp3) is 0.350. The number of aryl methyl sites for hydroxylation is 1. The van der Waals surface area contributed by atoms with Crippen LogP contribution in [-0.2, 0) is 11.3 Å². The molecule has 0 radical (unpaired) electrons. The van der Waals surface area contributed by atoms with Crippen molar-refractivity contribution in [1.82, 2.24) is 14.8 Å². The van der Waals surface area contributed by atoms with Crippen LogP contribution < -0.4 is 10.6 Å². The predicted octanol–water partition coefficient (Wildman–Crippen LogP) is 2.62. The van der Waals surface area contributed by atoms with Gasteiger partial charge in [-0.25, -0.2) is 14.6 Å². The van der Waals surface area contributed by atoms with E-state index in [1.54, 1.807) is 30.0 Å². The highest BCUT2D eigenvalue weighted by Crippen LogP contribution is 2.21. The lowest BCUT2D eigenvalue weighted by atomic mass is 10.1. The van der Waals surface area contributed by atoms with Gasteiger partial charge in [0.25, 0.3) is 0 Å². The first-order chi connectivity index (χ1) is 13.9. The molecule has 9 heteroatoms. The Balaban J connectivity index is 1.54. The quantitative estimate of drug-likeness (QED) is 0.730. The topological polar surface area (TPSA) is 107 Å². The van der Waals surface area contributed by atoms with E-state index in [9.17, 15) is 14.7 Å². The van der Waals surface area contributed by atoms with Crippen LogP contribution in [0.4, 0.5) is 21.0 Å². The first-order valence-corrected chi connectivity index (χ1v) is 9.33. The van der Waals surface area contributed by atoms with E-state index < -0.39 is 6.03 Å². The fourth-order valence-electron chi connectivity index (χ4n) is 3.15. The molecule has 29 heavy (non-hydrogen) atoms. The molecule has 1 fully saturated rings. The van der Waals surface area contributed by atoms with Crippen molar-refractivity contribution < 1.29 is 19.4 Å². The number of ether oxygens (including phenoxy) is 1. The van der Waals surface area contributed by atoms with Crippen LogP contribution in [0.1, 0.15) is 11.3 Å². The number of urea groups is 1. The van der Waals surface area contributed by atoms with Crippen molar-refractivity contribution in [1.29, 1.82) is 0 Å². The first-order valence-electron chi connectivity index (χ1n) is 9.33. The highest BCUT2D eigenvalue weighted by Gasteiger charge is 2.21. The average Bonchev–Trinajstić information content (AvgIpc) is 2.70. The Hall–Kier alpha value is -3.33. The minimum atomic E-state index is -0.463. The van der Waals surface area contributed by atoms with E-state index in [-0.39, 0.29) is 17.7 Å². The summed E-state index contributed by atoms with van der Waals surface area (Å²) in [7, 11) is 1.39. The highest BCUT2D eigenvalue weighted by molar-refractivity contribution is 6.00. The summed E-state index contributed by atoms with van der Waals surface area (Å²) in [6.45, 7) is 5.24. The van der Waals surface area contributed by atoms with Gasteiger partial charge in [-0.15, -0.1) is 0 Å². The second kappa shape index (κ2) is 9.24. The lowest BCUT2D eigenvalue weighted by Gasteiger charge is -2.33. The van der Waals surface area contributed by atoms with E-state index in [0.717, 1.165) is 25.2 Å². The second-order valence-corrected chi connectivity index (χ2v) is 6.84. The van der Waals surface area contributed by atoms with E-state index >= 15 is 0 Å². The maximum absolute atomic E-state index is 12.2. The number of anilines is 2. The van der Waals surface area contributed by atoms with Gasteiger partial charge in [-0.3, -0.25) is 4.90 Å². The number of carbonyl (C=O) groups excluding carboxylic acids is 2. The Labute approximate surface area is 169 Å². The number of nitrogens with zero attached hydrogens (tertiary/aromatic N) is 3. The monoisotopic (exact) mass is 399 g/mol. The van der Waals surface area contributed by atoms with Crippen LogP contribution in [0.15, 0.2) is 36.4 Å². The van der Waals surface area contributed by atoms with Crippen molar-refractivity contribution in [3.8, 4) is 5.88 Å². The molecule has 0 unspecified atom stereocenters. The third kappa shape index (κ3) is 5.58. The number of carbonyl (C=O) groups is 2. The molecule has 1 aromatic carbocycles. The molecular weight excluding hydrogens is 374 g/mol. The summed E-state index contributed by atoms with van der Waals surface area (Å²) in [6, 6.07) is 10.4. The Morgan fingerprint density at radius 2 is 1.90 bits per heavy atom. The van der Waals surface area contributed by atoms with Gasteiger partial charge in [0.2, 0.25) is 5.88 Å². The number of piperazine rings is 1. The van der Waals surface area contributed by atoms with Gasteiger partial charge < -0.3 is 25.4 Å². The standard InChI is InChI=1S/C20H25N5O4/c1-14-6-7-17(18(26)21-14)23-19(27)22-16-5-3-4-15(12-16)13-24-8-10-25(11-9-24)20(28)29-2/h3-7,12H,8-11,13H2,1-2H3,(H,21,26)(H2,22,23,27). The summed E-state index contributed by atoms with van der Waals surface area (Å²) in [4.78, 5) is 31.6. The lowest BCUT2D eigenvalue weighted by molar-refractivity contribution is 0.0889. The second-order valence-electron chi connectivity index (χ2n) is 6.84. The number of aromatic hydroxyl groups is 1. The zero-order valence-electron chi connectivity index (χ0n) is 16.5. The zero-order valence-corrected chi connectivity index (χ0v) is 16.5. The molecule has 1 aliphatic rings. The largest absolute Gasteiger partial charge is 0.492 e. The third-order valence-electron chi connectivity index (χ3n) is 4.66. The van der Waals surface area contributed by atoms with Crippen LogP contribution in [0.25, 0.3) is 0 Å². The molecular formula is C20H25N5O4. The Morgan fingerprint density at radius 1 is 1.14 bits per heavy atom. The number of pyridine rings is 1. The molecule has 0 bridgehead atoms. The molecule has 1 aromatic heterocycles. The Kier molecular flexibility index (Phi) is 6.50. The molecule has 2 aromatic rings. The number of rotatable bonds is 4. The van der Waals surface area contributed by atoms with Crippen molar-refractivity contribution in [3.05, 3.63) is 47.7 Å². The smallest absolute Gasteiger partial charge is 0.409 e.